The zero-order chi connectivity index (χ0) is 27.0. The number of halogens is 2. The van der Waals surface area contributed by atoms with Gasteiger partial charge in [-0.3, -0.25) is 0 Å². The maximum atomic E-state index is 15.5. The molecule has 0 aromatic heterocycles. The van der Waals surface area contributed by atoms with Crippen molar-refractivity contribution in [1.29, 1.82) is 0 Å². The van der Waals surface area contributed by atoms with Crippen LogP contribution >= 0.6 is 0 Å². The minimum atomic E-state index is -0.371. The van der Waals surface area contributed by atoms with E-state index < -0.39 is 0 Å². The van der Waals surface area contributed by atoms with Crippen molar-refractivity contribution in [3.8, 4) is 33.8 Å². The molecule has 2 nitrogen and oxygen atoms in total. The number of hydrogen-bond acceptors (Lipinski definition) is 2. The molecule has 0 aliphatic carbocycles. The van der Waals surface area contributed by atoms with Crippen molar-refractivity contribution in [2.24, 2.45) is 0 Å². The van der Waals surface area contributed by atoms with E-state index >= 15 is 4.39 Å². The summed E-state index contributed by atoms with van der Waals surface area (Å²) in [6.45, 7) is 5.63. The number of benzene rings is 3. The molecule has 0 N–H and O–H groups in total. The Kier molecular flexibility index (Phi) is 13.2. The summed E-state index contributed by atoms with van der Waals surface area (Å²) in [4.78, 5) is 0. The van der Waals surface area contributed by atoms with Gasteiger partial charge in [0.1, 0.15) is 11.6 Å². The molecule has 0 saturated heterocycles. The van der Waals surface area contributed by atoms with Gasteiger partial charge in [-0.05, 0) is 48.2 Å². The third-order valence-corrected chi connectivity index (χ3v) is 6.90. The topological polar surface area (TPSA) is 18.5 Å². The molecule has 0 atom stereocenters. The van der Waals surface area contributed by atoms with Gasteiger partial charge in [-0.1, -0.05) is 114 Å². The third kappa shape index (κ3) is 9.45. The Morgan fingerprint density at radius 1 is 0.553 bits per heavy atom. The lowest BCUT2D eigenvalue weighted by Gasteiger charge is -2.18. The van der Waals surface area contributed by atoms with E-state index in [2.05, 4.69) is 13.8 Å². The van der Waals surface area contributed by atoms with Crippen LogP contribution in [0.15, 0.2) is 60.7 Å². The maximum absolute atomic E-state index is 15.5. The quantitative estimate of drug-likeness (QED) is 0.155. The highest BCUT2D eigenvalue weighted by molar-refractivity contribution is 5.77. The van der Waals surface area contributed by atoms with Crippen molar-refractivity contribution >= 4 is 0 Å². The number of hydrogen-bond donors (Lipinski definition) is 0. The summed E-state index contributed by atoms with van der Waals surface area (Å²) in [5.74, 6) is 0.553. The van der Waals surface area contributed by atoms with Crippen LogP contribution < -0.4 is 9.47 Å². The van der Waals surface area contributed by atoms with Crippen LogP contribution in [-0.2, 0) is 0 Å². The second kappa shape index (κ2) is 16.9. The van der Waals surface area contributed by atoms with Crippen LogP contribution in [0.2, 0.25) is 0 Å². The first-order valence-electron chi connectivity index (χ1n) is 14.6. The summed E-state index contributed by atoms with van der Waals surface area (Å²) in [5.41, 5.74) is 2.41. The average Bonchev–Trinajstić information content (AvgIpc) is 2.92. The maximum Gasteiger partial charge on any atom is 0.169 e. The first kappa shape index (κ1) is 29.7. The number of unbranched alkanes of at least 4 members (excludes halogenated alkanes) is 10. The van der Waals surface area contributed by atoms with Gasteiger partial charge in [0.15, 0.2) is 11.5 Å². The Labute approximate surface area is 228 Å². The summed E-state index contributed by atoms with van der Waals surface area (Å²) in [5, 5.41) is 0. The third-order valence-electron chi connectivity index (χ3n) is 6.90. The first-order chi connectivity index (χ1) is 18.6. The van der Waals surface area contributed by atoms with E-state index in [4.69, 9.17) is 9.47 Å². The molecule has 0 aliphatic heterocycles. The van der Waals surface area contributed by atoms with Crippen molar-refractivity contribution in [2.45, 2.75) is 90.9 Å². The van der Waals surface area contributed by atoms with Gasteiger partial charge in [0.05, 0.1) is 13.2 Å². The monoisotopic (exact) mass is 522 g/mol. The van der Waals surface area contributed by atoms with E-state index in [1.54, 1.807) is 18.2 Å². The zero-order valence-electron chi connectivity index (χ0n) is 23.2. The number of rotatable bonds is 18. The van der Waals surface area contributed by atoms with Crippen LogP contribution in [0.3, 0.4) is 0 Å². The van der Waals surface area contributed by atoms with E-state index in [1.165, 1.54) is 69.6 Å². The fourth-order valence-electron chi connectivity index (χ4n) is 4.69. The van der Waals surface area contributed by atoms with Gasteiger partial charge < -0.3 is 9.47 Å². The Morgan fingerprint density at radius 3 is 1.82 bits per heavy atom. The van der Waals surface area contributed by atoms with Gasteiger partial charge in [-0.25, -0.2) is 8.78 Å². The average molecular weight is 523 g/mol. The molecular weight excluding hydrogens is 478 g/mol. The minimum absolute atomic E-state index is 0.340. The summed E-state index contributed by atoms with van der Waals surface area (Å²) in [6, 6.07) is 16.9. The van der Waals surface area contributed by atoms with Crippen LogP contribution in [0.1, 0.15) is 90.9 Å². The lowest BCUT2D eigenvalue weighted by molar-refractivity contribution is 0.259. The van der Waals surface area contributed by atoms with Gasteiger partial charge in [-0.15, -0.1) is 0 Å². The van der Waals surface area contributed by atoms with Gasteiger partial charge in [0, 0.05) is 11.1 Å². The summed E-state index contributed by atoms with van der Waals surface area (Å²) in [6.07, 6.45) is 14.2. The predicted octanol–water partition coefficient (Wildman–Crippen LogP) is 10.8. The highest BCUT2D eigenvalue weighted by Crippen LogP contribution is 2.40. The zero-order valence-corrected chi connectivity index (χ0v) is 23.2. The van der Waals surface area contributed by atoms with Crippen LogP contribution in [0, 0.1) is 11.6 Å². The molecule has 0 amide bonds. The number of ether oxygens (including phenoxy) is 2. The molecule has 206 valence electrons. The molecule has 0 fully saturated rings. The van der Waals surface area contributed by atoms with Crippen LogP contribution in [0.4, 0.5) is 8.78 Å². The standard InChI is InChI=1S/C34H44F2O2/c1-3-5-7-9-11-13-23-37-33-20-16-19-31(34(33)38-24-14-12-10-8-6-4-2)30-22-21-28(26-32(30)36)27-17-15-18-29(35)25-27/h15-22,25-26H,3-14,23-24H2,1-2H3. The SMILES string of the molecule is CCCCCCCCOc1cccc(-c2ccc(-c3cccc(F)c3)cc2F)c1OCCCCCCCC. The van der Waals surface area contributed by atoms with Crippen molar-refractivity contribution in [3.05, 3.63) is 72.3 Å². The van der Waals surface area contributed by atoms with Crippen molar-refractivity contribution in [3.63, 3.8) is 0 Å². The van der Waals surface area contributed by atoms with Gasteiger partial charge in [0.25, 0.3) is 0 Å². The molecule has 3 aromatic carbocycles. The van der Waals surface area contributed by atoms with E-state index in [-0.39, 0.29) is 11.6 Å². The molecular formula is C34H44F2O2. The second-order valence-corrected chi connectivity index (χ2v) is 10.1. The molecule has 4 heteroatoms. The highest BCUT2D eigenvalue weighted by Gasteiger charge is 2.17. The number of para-hydroxylation sites is 1. The Bertz CT molecular complexity index is 1100. The van der Waals surface area contributed by atoms with Gasteiger partial charge >= 0.3 is 0 Å². The summed E-state index contributed by atoms with van der Waals surface area (Å²) < 4.78 is 41.6. The smallest absolute Gasteiger partial charge is 0.169 e. The molecule has 3 aromatic rings. The lowest BCUT2D eigenvalue weighted by Crippen LogP contribution is -2.04. The van der Waals surface area contributed by atoms with Crippen molar-refractivity contribution in [1.82, 2.24) is 0 Å². The fourth-order valence-corrected chi connectivity index (χ4v) is 4.69. The largest absolute Gasteiger partial charge is 0.490 e. The molecule has 0 heterocycles. The second-order valence-electron chi connectivity index (χ2n) is 10.1. The lowest BCUT2D eigenvalue weighted by atomic mass is 9.98. The molecule has 0 radical (unpaired) electrons. The van der Waals surface area contributed by atoms with E-state index in [0.717, 1.165) is 25.7 Å². The Morgan fingerprint density at radius 2 is 1.16 bits per heavy atom. The fraction of sp³-hybridized carbons (Fsp3) is 0.471. The van der Waals surface area contributed by atoms with E-state index in [0.29, 0.717) is 47.0 Å². The molecule has 0 saturated carbocycles. The molecule has 38 heavy (non-hydrogen) atoms. The Hall–Kier alpha value is -2.88. The minimum Gasteiger partial charge on any atom is -0.490 e. The Balaban J connectivity index is 1.76. The van der Waals surface area contributed by atoms with Crippen molar-refractivity contribution in [2.75, 3.05) is 13.2 Å². The van der Waals surface area contributed by atoms with E-state index in [9.17, 15) is 4.39 Å². The first-order valence-corrected chi connectivity index (χ1v) is 14.6. The van der Waals surface area contributed by atoms with Crippen molar-refractivity contribution < 1.29 is 18.3 Å². The molecule has 0 spiro atoms. The van der Waals surface area contributed by atoms with Crippen LogP contribution in [0.5, 0.6) is 11.5 Å². The normalized spacial score (nSPS) is 11.1. The molecule has 0 bridgehead atoms. The highest BCUT2D eigenvalue weighted by atomic mass is 19.1. The van der Waals surface area contributed by atoms with Crippen LogP contribution in [-0.4, -0.2) is 13.2 Å². The predicted molar refractivity (Wildman–Crippen MR) is 155 cm³/mol. The van der Waals surface area contributed by atoms with E-state index in [1.807, 2.05) is 24.3 Å². The van der Waals surface area contributed by atoms with Gasteiger partial charge in [0.2, 0.25) is 0 Å². The summed E-state index contributed by atoms with van der Waals surface area (Å²) in [7, 11) is 0. The summed E-state index contributed by atoms with van der Waals surface area (Å²) >= 11 is 0. The molecule has 0 unspecified atom stereocenters. The molecule has 3 rings (SSSR count). The van der Waals surface area contributed by atoms with Gasteiger partial charge in [-0.2, -0.15) is 0 Å². The van der Waals surface area contributed by atoms with Crippen LogP contribution in [0.25, 0.3) is 22.3 Å². The molecule has 0 aliphatic rings.